The van der Waals surface area contributed by atoms with Crippen molar-refractivity contribution >= 4 is 10.0 Å². The molecule has 120 valence electrons. The maximum atomic E-state index is 12.4. The van der Waals surface area contributed by atoms with Crippen molar-refractivity contribution in [2.45, 2.75) is 51.0 Å². The molecule has 0 aliphatic heterocycles. The zero-order valence-corrected chi connectivity index (χ0v) is 14.1. The molecular formula is C15H27N3O2S. The third-order valence-corrected chi connectivity index (χ3v) is 5.69. The lowest BCUT2D eigenvalue weighted by atomic mass is 10.0. The van der Waals surface area contributed by atoms with Gasteiger partial charge in [-0.25, -0.2) is 13.1 Å². The summed E-state index contributed by atoms with van der Waals surface area (Å²) in [5.41, 5.74) is 1.20. The molecule has 0 radical (unpaired) electrons. The second-order valence-corrected chi connectivity index (χ2v) is 7.90. The van der Waals surface area contributed by atoms with Gasteiger partial charge in [-0.1, -0.05) is 20.3 Å². The number of hydrogen-bond acceptors (Lipinski definition) is 3. The second-order valence-electron chi connectivity index (χ2n) is 6.13. The van der Waals surface area contributed by atoms with E-state index in [1.165, 1.54) is 0 Å². The Morgan fingerprint density at radius 3 is 2.62 bits per heavy atom. The van der Waals surface area contributed by atoms with Gasteiger partial charge in [-0.2, -0.15) is 0 Å². The topological polar surface area (TPSA) is 63.1 Å². The van der Waals surface area contributed by atoms with Gasteiger partial charge in [0, 0.05) is 32.0 Å². The molecule has 1 fully saturated rings. The zero-order valence-electron chi connectivity index (χ0n) is 13.3. The molecule has 1 aliphatic rings. The first-order chi connectivity index (χ1) is 9.92. The molecule has 0 spiro atoms. The molecule has 21 heavy (non-hydrogen) atoms. The summed E-state index contributed by atoms with van der Waals surface area (Å²) in [6.07, 6.45) is 6.19. The Morgan fingerprint density at radius 1 is 1.33 bits per heavy atom. The quantitative estimate of drug-likeness (QED) is 0.733. The van der Waals surface area contributed by atoms with Gasteiger partial charge in [-0.3, -0.25) is 0 Å². The Kier molecular flexibility index (Phi) is 5.11. The van der Waals surface area contributed by atoms with E-state index in [4.69, 9.17) is 0 Å². The van der Waals surface area contributed by atoms with Gasteiger partial charge in [0.15, 0.2) is 0 Å². The predicted octanol–water partition coefficient (Wildman–Crippen LogP) is 1.99. The van der Waals surface area contributed by atoms with E-state index in [9.17, 15) is 8.42 Å². The Hall–Kier alpha value is -0.850. The molecule has 0 aromatic carbocycles. The van der Waals surface area contributed by atoms with Crippen molar-refractivity contribution in [3.8, 4) is 0 Å². The van der Waals surface area contributed by atoms with E-state index < -0.39 is 10.0 Å². The Bertz CT molecular complexity index is 574. The lowest BCUT2D eigenvalue weighted by Gasteiger charge is -2.14. The fourth-order valence-corrected chi connectivity index (χ4v) is 3.96. The molecule has 1 aliphatic carbocycles. The van der Waals surface area contributed by atoms with E-state index in [1.807, 2.05) is 18.5 Å². The van der Waals surface area contributed by atoms with Crippen LogP contribution in [-0.2, 0) is 23.6 Å². The largest absolute Gasteiger partial charge is 0.352 e. The standard InChI is InChI=1S/C15H27N3O2S/c1-4-6-15(7-8-15)12-17-21(19,20)14-9-13(10-16-5-2)18(3)11-14/h9,11,16-17H,4-8,10,12H2,1-3H3. The van der Waals surface area contributed by atoms with Crippen LogP contribution in [0, 0.1) is 5.41 Å². The van der Waals surface area contributed by atoms with E-state index in [-0.39, 0.29) is 5.41 Å². The van der Waals surface area contributed by atoms with E-state index in [2.05, 4.69) is 17.0 Å². The van der Waals surface area contributed by atoms with Crippen molar-refractivity contribution in [3.05, 3.63) is 18.0 Å². The van der Waals surface area contributed by atoms with Crippen LogP contribution in [0.1, 0.15) is 45.2 Å². The summed E-state index contributed by atoms with van der Waals surface area (Å²) in [5.74, 6) is 0. The van der Waals surface area contributed by atoms with Crippen LogP contribution in [0.5, 0.6) is 0 Å². The minimum Gasteiger partial charge on any atom is -0.352 e. The van der Waals surface area contributed by atoms with Crippen molar-refractivity contribution in [2.24, 2.45) is 12.5 Å². The summed E-state index contributed by atoms with van der Waals surface area (Å²) in [5, 5.41) is 3.22. The normalized spacial score (nSPS) is 17.1. The predicted molar refractivity (Wildman–Crippen MR) is 84.6 cm³/mol. The maximum Gasteiger partial charge on any atom is 0.242 e. The number of hydrogen-bond donors (Lipinski definition) is 2. The zero-order chi connectivity index (χ0) is 15.5. The smallest absolute Gasteiger partial charge is 0.242 e. The lowest BCUT2D eigenvalue weighted by molar-refractivity contribution is 0.449. The minimum atomic E-state index is -3.40. The molecule has 6 heteroatoms. The van der Waals surface area contributed by atoms with Crippen molar-refractivity contribution < 1.29 is 8.42 Å². The molecule has 1 saturated carbocycles. The number of aromatic nitrogens is 1. The molecule has 0 bridgehead atoms. The number of sulfonamides is 1. The highest BCUT2D eigenvalue weighted by molar-refractivity contribution is 7.89. The number of rotatable bonds is 9. The fraction of sp³-hybridized carbons (Fsp3) is 0.733. The van der Waals surface area contributed by atoms with Crippen molar-refractivity contribution in [3.63, 3.8) is 0 Å². The maximum absolute atomic E-state index is 12.4. The summed E-state index contributed by atoms with van der Waals surface area (Å²) in [4.78, 5) is 0.366. The van der Waals surface area contributed by atoms with Crippen LogP contribution in [0.25, 0.3) is 0 Å². The van der Waals surface area contributed by atoms with Crippen molar-refractivity contribution in [1.82, 2.24) is 14.6 Å². The van der Waals surface area contributed by atoms with E-state index in [0.717, 1.165) is 37.9 Å². The summed E-state index contributed by atoms with van der Waals surface area (Å²) < 4.78 is 29.5. The van der Waals surface area contributed by atoms with Gasteiger partial charge in [0.05, 0.1) is 4.90 Å². The highest BCUT2D eigenvalue weighted by Gasteiger charge is 2.42. The fourth-order valence-electron chi connectivity index (χ4n) is 2.71. The van der Waals surface area contributed by atoms with Crippen LogP contribution in [0.3, 0.4) is 0 Å². The molecule has 1 aromatic heterocycles. The van der Waals surface area contributed by atoms with Crippen molar-refractivity contribution in [2.75, 3.05) is 13.1 Å². The Balaban J connectivity index is 2.02. The number of nitrogens with zero attached hydrogens (tertiary/aromatic N) is 1. The summed E-state index contributed by atoms with van der Waals surface area (Å²) in [7, 11) is -1.52. The van der Waals surface area contributed by atoms with Crippen LogP contribution < -0.4 is 10.0 Å². The minimum absolute atomic E-state index is 0.225. The number of nitrogens with one attached hydrogen (secondary N) is 2. The van der Waals surface area contributed by atoms with Crippen LogP contribution in [-0.4, -0.2) is 26.1 Å². The van der Waals surface area contributed by atoms with Gasteiger partial charge >= 0.3 is 0 Å². The Morgan fingerprint density at radius 2 is 2.05 bits per heavy atom. The molecule has 0 atom stereocenters. The van der Waals surface area contributed by atoms with Gasteiger partial charge in [-0.15, -0.1) is 0 Å². The van der Waals surface area contributed by atoms with Gasteiger partial charge in [0.25, 0.3) is 0 Å². The molecule has 0 saturated heterocycles. The van der Waals surface area contributed by atoms with Crippen molar-refractivity contribution in [1.29, 1.82) is 0 Å². The van der Waals surface area contributed by atoms with E-state index in [1.54, 1.807) is 12.3 Å². The average molecular weight is 313 g/mol. The van der Waals surface area contributed by atoms with Crippen LogP contribution in [0.15, 0.2) is 17.2 Å². The first-order valence-electron chi connectivity index (χ1n) is 7.78. The molecule has 1 heterocycles. The molecule has 0 unspecified atom stereocenters. The Labute approximate surface area is 128 Å². The van der Waals surface area contributed by atoms with Crippen LogP contribution in [0.4, 0.5) is 0 Å². The SMILES string of the molecule is CCCC1(CNS(=O)(=O)c2cc(CNCC)n(C)c2)CC1. The average Bonchev–Trinajstić information content (AvgIpc) is 3.10. The first kappa shape index (κ1) is 16.5. The van der Waals surface area contributed by atoms with Gasteiger partial charge in [0.2, 0.25) is 10.0 Å². The second kappa shape index (κ2) is 6.50. The summed E-state index contributed by atoms with van der Waals surface area (Å²) in [6.45, 7) is 6.30. The summed E-state index contributed by atoms with van der Waals surface area (Å²) >= 11 is 0. The molecule has 5 nitrogen and oxygen atoms in total. The summed E-state index contributed by atoms with van der Waals surface area (Å²) in [6, 6.07) is 1.75. The van der Waals surface area contributed by atoms with E-state index in [0.29, 0.717) is 18.0 Å². The molecule has 1 aromatic rings. The molecule has 2 rings (SSSR count). The molecular weight excluding hydrogens is 286 g/mol. The van der Waals surface area contributed by atoms with Crippen LogP contribution in [0.2, 0.25) is 0 Å². The highest BCUT2D eigenvalue weighted by Crippen LogP contribution is 2.49. The van der Waals surface area contributed by atoms with E-state index >= 15 is 0 Å². The van der Waals surface area contributed by atoms with Gasteiger partial charge < -0.3 is 9.88 Å². The van der Waals surface area contributed by atoms with Gasteiger partial charge in [-0.05, 0) is 37.3 Å². The lowest BCUT2D eigenvalue weighted by Crippen LogP contribution is -2.30. The highest BCUT2D eigenvalue weighted by atomic mass is 32.2. The first-order valence-corrected chi connectivity index (χ1v) is 9.26. The number of aryl methyl sites for hydroxylation is 1. The monoisotopic (exact) mass is 313 g/mol. The molecule has 0 amide bonds. The molecule has 2 N–H and O–H groups in total. The van der Waals surface area contributed by atoms with Gasteiger partial charge in [0.1, 0.15) is 0 Å². The van der Waals surface area contributed by atoms with Crippen LogP contribution >= 0.6 is 0 Å². The third-order valence-electron chi connectivity index (χ3n) is 4.32. The third kappa shape index (κ3) is 4.08.